The van der Waals surface area contributed by atoms with Crippen molar-refractivity contribution in [3.63, 3.8) is 0 Å². The van der Waals surface area contributed by atoms with Crippen molar-refractivity contribution in [2.24, 2.45) is 0 Å². The summed E-state index contributed by atoms with van der Waals surface area (Å²) >= 11 is 0. The average Bonchev–Trinajstić information content (AvgIpc) is 3.97. The molecule has 60 heavy (non-hydrogen) atoms. The number of aromatic nitrogens is 2. The first kappa shape index (κ1) is 40.8. The van der Waals surface area contributed by atoms with Gasteiger partial charge in [0.2, 0.25) is 0 Å². The summed E-state index contributed by atoms with van der Waals surface area (Å²) in [6.45, 7) is 5.35. The van der Waals surface area contributed by atoms with Crippen molar-refractivity contribution in [2.75, 3.05) is 59.7 Å². The lowest BCUT2D eigenvalue weighted by Crippen LogP contribution is -2.17. The molecule has 2 N–H and O–H groups in total. The van der Waals surface area contributed by atoms with E-state index in [0.717, 1.165) is 122 Å². The smallest absolute Gasteiger partial charge is 0.406 e. The summed E-state index contributed by atoms with van der Waals surface area (Å²) in [5.74, 6) is -0.603. The normalized spacial score (nSPS) is 14.6. The Morgan fingerprint density at radius 3 is 1.32 bits per heavy atom. The molecule has 0 amide bonds. The van der Waals surface area contributed by atoms with Gasteiger partial charge in [-0.15, -0.1) is 26.3 Å². The summed E-state index contributed by atoms with van der Waals surface area (Å²) < 4.78 is 86.5. The third-order valence-corrected chi connectivity index (χ3v) is 11.0. The fourth-order valence-electron chi connectivity index (χ4n) is 8.11. The molecule has 6 aromatic rings. The van der Waals surface area contributed by atoms with Crippen molar-refractivity contribution in [3.05, 3.63) is 97.1 Å². The summed E-state index contributed by atoms with van der Waals surface area (Å²) in [6.07, 6.45) is -1.35. The number of nitrogens with one attached hydrogen (secondary N) is 2. The minimum atomic E-state index is -4.80. The van der Waals surface area contributed by atoms with E-state index in [1.807, 2.05) is 24.3 Å². The van der Waals surface area contributed by atoms with Gasteiger partial charge < -0.3 is 29.9 Å². The number of benzene rings is 4. The van der Waals surface area contributed by atoms with Crippen molar-refractivity contribution in [2.45, 2.75) is 64.1 Å². The van der Waals surface area contributed by atoms with Crippen LogP contribution in [-0.4, -0.2) is 62.0 Å². The van der Waals surface area contributed by atoms with Gasteiger partial charge in [0.05, 0.1) is 22.4 Å². The monoisotopic (exact) mass is 828 g/mol. The van der Waals surface area contributed by atoms with Gasteiger partial charge >= 0.3 is 12.7 Å². The number of ether oxygens (including phenoxy) is 2. The first-order chi connectivity index (χ1) is 28.9. The fourth-order valence-corrected chi connectivity index (χ4v) is 8.11. The number of hydrogen-bond acceptors (Lipinski definition) is 8. The first-order valence-electron chi connectivity index (χ1n) is 20.5. The Kier molecular flexibility index (Phi) is 12.1. The number of hydrogen-bond donors (Lipinski definition) is 2. The number of pyridine rings is 2. The van der Waals surface area contributed by atoms with Crippen LogP contribution in [0, 0.1) is 0 Å². The number of nitrogens with zero attached hydrogens (tertiary/aromatic N) is 4. The molecule has 0 unspecified atom stereocenters. The van der Waals surface area contributed by atoms with Crippen molar-refractivity contribution in [3.8, 4) is 34.0 Å². The number of fused-ring (bicyclic) bond motifs is 2. The molecule has 4 aromatic carbocycles. The van der Waals surface area contributed by atoms with Crippen molar-refractivity contribution in [1.82, 2.24) is 9.97 Å². The van der Waals surface area contributed by atoms with Crippen LogP contribution < -0.4 is 29.9 Å². The molecule has 8 rings (SSSR count). The minimum Gasteiger partial charge on any atom is -0.406 e. The lowest BCUT2D eigenvalue weighted by atomic mass is 10.1. The van der Waals surface area contributed by atoms with E-state index in [2.05, 4.69) is 54.2 Å². The number of halogens is 6. The van der Waals surface area contributed by atoms with Gasteiger partial charge in [0.25, 0.3) is 0 Å². The van der Waals surface area contributed by atoms with E-state index in [1.54, 1.807) is 12.1 Å². The molecule has 0 saturated carbocycles. The molecule has 2 saturated heterocycles. The highest BCUT2D eigenvalue weighted by atomic mass is 19.4. The quantitative estimate of drug-likeness (QED) is 0.0783. The third kappa shape index (κ3) is 10.3. The third-order valence-electron chi connectivity index (χ3n) is 11.0. The number of anilines is 4. The molecule has 0 aliphatic carbocycles. The Labute approximate surface area is 344 Å². The van der Waals surface area contributed by atoms with Gasteiger partial charge in [0.15, 0.2) is 0 Å². The number of rotatable bonds is 15. The molecular formula is C46H46F6N6O2. The molecule has 0 atom stereocenters. The molecule has 2 fully saturated rings. The fraction of sp³-hybridized carbons (Fsp3) is 0.348. The van der Waals surface area contributed by atoms with E-state index < -0.39 is 12.7 Å². The molecule has 14 heteroatoms. The summed E-state index contributed by atoms with van der Waals surface area (Å²) in [5.41, 5.74) is 7.57. The lowest BCUT2D eigenvalue weighted by molar-refractivity contribution is -0.275. The van der Waals surface area contributed by atoms with Crippen LogP contribution in [0.2, 0.25) is 0 Å². The Morgan fingerprint density at radius 1 is 0.500 bits per heavy atom. The lowest BCUT2D eigenvalue weighted by Gasteiger charge is -2.20. The Balaban J connectivity index is 0.935. The molecule has 0 radical (unpaired) electrons. The maximum Gasteiger partial charge on any atom is 0.573 e. The van der Waals surface area contributed by atoms with Gasteiger partial charge in [0, 0.05) is 83.9 Å². The molecule has 314 valence electrons. The van der Waals surface area contributed by atoms with Crippen LogP contribution in [0.1, 0.15) is 51.4 Å². The molecule has 0 spiro atoms. The van der Waals surface area contributed by atoms with Crippen LogP contribution in [-0.2, 0) is 0 Å². The first-order valence-corrected chi connectivity index (χ1v) is 20.5. The zero-order chi connectivity index (χ0) is 41.7. The number of alkyl halides is 6. The second-order valence-corrected chi connectivity index (χ2v) is 15.3. The van der Waals surface area contributed by atoms with E-state index in [4.69, 9.17) is 9.97 Å². The Bertz CT molecular complexity index is 2260. The van der Waals surface area contributed by atoms with E-state index in [9.17, 15) is 26.3 Å². The molecule has 0 bridgehead atoms. The largest absolute Gasteiger partial charge is 0.573 e. The van der Waals surface area contributed by atoms with Crippen LogP contribution in [0.4, 0.5) is 49.1 Å². The van der Waals surface area contributed by atoms with E-state index >= 15 is 0 Å². The van der Waals surface area contributed by atoms with Gasteiger partial charge in [-0.3, -0.25) is 0 Å². The van der Waals surface area contributed by atoms with E-state index in [0.29, 0.717) is 35.6 Å². The summed E-state index contributed by atoms with van der Waals surface area (Å²) in [6, 6.07) is 27.9. The predicted octanol–water partition coefficient (Wildman–Crippen LogP) is 12.2. The van der Waals surface area contributed by atoms with Crippen LogP contribution in [0.3, 0.4) is 0 Å². The molecule has 2 aromatic heterocycles. The van der Waals surface area contributed by atoms with Crippen molar-refractivity contribution < 1.29 is 35.8 Å². The zero-order valence-electron chi connectivity index (χ0n) is 33.0. The predicted molar refractivity (Wildman–Crippen MR) is 226 cm³/mol. The van der Waals surface area contributed by atoms with Crippen LogP contribution >= 0.6 is 0 Å². The standard InChI is InChI=1S/C46H46F6N6O2/c47-45(48,49)59-35-13-9-11-31(25-35)41-29-43(37-27-33(15-17-39(37)55-41)57-21-5-6-22-57)53-19-3-1-2-4-20-54-44-30-42(32-12-10-14-36(26-32)60-46(50,51)52)56-40-18-16-34(28-38(40)44)58-23-7-8-24-58/h9-18,25-30H,1-8,19-24H2,(H,53,55)(H,54,56). The average molecular weight is 829 g/mol. The molecule has 2 aliphatic heterocycles. The van der Waals surface area contributed by atoms with Gasteiger partial charge in [0.1, 0.15) is 11.5 Å². The highest BCUT2D eigenvalue weighted by Gasteiger charge is 2.32. The second kappa shape index (κ2) is 17.7. The van der Waals surface area contributed by atoms with Crippen molar-refractivity contribution in [1.29, 1.82) is 0 Å². The van der Waals surface area contributed by atoms with E-state index in [1.165, 1.54) is 36.4 Å². The number of unbranched alkanes of at least 4 members (excludes halogenated alkanes) is 3. The van der Waals surface area contributed by atoms with Gasteiger partial charge in [-0.2, -0.15) is 0 Å². The highest BCUT2D eigenvalue weighted by molar-refractivity contribution is 5.97. The molecule has 2 aliphatic rings. The van der Waals surface area contributed by atoms with E-state index in [-0.39, 0.29) is 11.5 Å². The summed E-state index contributed by atoms with van der Waals surface area (Å²) in [4.78, 5) is 14.4. The van der Waals surface area contributed by atoms with Gasteiger partial charge in [-0.25, -0.2) is 9.97 Å². The topological polar surface area (TPSA) is 74.8 Å². The van der Waals surface area contributed by atoms with Gasteiger partial charge in [-0.05, 0) is 111 Å². The highest BCUT2D eigenvalue weighted by Crippen LogP contribution is 2.36. The Hall–Kier alpha value is -5.92. The maximum atomic E-state index is 13.0. The molecule has 8 nitrogen and oxygen atoms in total. The second-order valence-electron chi connectivity index (χ2n) is 15.3. The van der Waals surface area contributed by atoms with Gasteiger partial charge in [-0.1, -0.05) is 37.1 Å². The maximum absolute atomic E-state index is 13.0. The molecular weight excluding hydrogens is 783 g/mol. The summed E-state index contributed by atoms with van der Waals surface area (Å²) in [7, 11) is 0. The van der Waals surface area contributed by atoms with Crippen LogP contribution in [0.15, 0.2) is 97.1 Å². The zero-order valence-corrected chi connectivity index (χ0v) is 33.0. The Morgan fingerprint density at radius 2 is 0.917 bits per heavy atom. The van der Waals surface area contributed by atoms with Crippen LogP contribution in [0.5, 0.6) is 11.5 Å². The minimum absolute atomic E-state index is 0.301. The SMILES string of the molecule is FC(F)(F)Oc1cccc(-c2cc(NCCCCCCNc3cc(-c4cccc(OC(F)(F)F)c4)nc4ccc(N5CCCC5)cc34)c3cc(N4CCCC4)ccc3n2)c1. The van der Waals surface area contributed by atoms with Crippen molar-refractivity contribution >= 4 is 44.6 Å². The molecule has 4 heterocycles. The van der Waals surface area contributed by atoms with Crippen LogP contribution in [0.25, 0.3) is 44.3 Å². The summed E-state index contributed by atoms with van der Waals surface area (Å²) in [5, 5.41) is 9.11.